The number of carbonyl (C=O) groups excluding carboxylic acids is 1. The lowest BCUT2D eigenvalue weighted by molar-refractivity contribution is -0.139. The Morgan fingerprint density at radius 2 is 1.72 bits per heavy atom. The number of likely N-dealkylation sites (N-methyl/N-ethyl adjacent to an activating group) is 1. The van der Waals surface area contributed by atoms with Crippen LogP contribution >= 0.6 is 0 Å². The smallest absolute Gasteiger partial charge is 0.387 e. The molecular weight excluding hydrogens is 333 g/mol. The summed E-state index contributed by atoms with van der Waals surface area (Å²) in [4.78, 5) is 13.7. The molecule has 0 heterocycles. The predicted octanol–water partition coefficient (Wildman–Crippen LogP) is 2.99. The van der Waals surface area contributed by atoms with Crippen molar-refractivity contribution in [3.8, 4) is 0 Å². The van der Waals surface area contributed by atoms with Crippen LogP contribution in [0.25, 0.3) is 0 Å². The molecule has 2 N–H and O–H groups in total. The first kappa shape index (κ1) is 18.8. The molecule has 1 unspecified atom stereocenters. The SMILES string of the molecule is CN(CC(=O)NCC(O)c1ccccc1C(F)(F)F)c1ccccc1. The molecule has 0 bridgehead atoms. The highest BCUT2D eigenvalue weighted by atomic mass is 19.4. The van der Waals surface area contributed by atoms with Gasteiger partial charge in [0.25, 0.3) is 0 Å². The fourth-order valence-electron chi connectivity index (χ4n) is 2.41. The number of anilines is 1. The van der Waals surface area contributed by atoms with E-state index in [9.17, 15) is 23.1 Å². The van der Waals surface area contributed by atoms with E-state index in [1.54, 1.807) is 11.9 Å². The molecule has 0 aliphatic rings. The molecule has 1 atom stereocenters. The molecule has 134 valence electrons. The van der Waals surface area contributed by atoms with Gasteiger partial charge >= 0.3 is 6.18 Å². The monoisotopic (exact) mass is 352 g/mol. The summed E-state index contributed by atoms with van der Waals surface area (Å²) in [5.41, 5.74) is -0.328. The zero-order chi connectivity index (χ0) is 18.4. The maximum absolute atomic E-state index is 13.0. The highest BCUT2D eigenvalue weighted by Crippen LogP contribution is 2.34. The number of nitrogens with zero attached hydrogens (tertiary/aromatic N) is 1. The van der Waals surface area contributed by atoms with E-state index in [1.807, 2.05) is 30.3 Å². The molecule has 2 rings (SSSR count). The second-order valence-corrected chi connectivity index (χ2v) is 5.60. The van der Waals surface area contributed by atoms with Crippen LogP contribution in [0, 0.1) is 0 Å². The van der Waals surface area contributed by atoms with Gasteiger partial charge in [0.2, 0.25) is 5.91 Å². The molecule has 2 aromatic rings. The molecule has 1 amide bonds. The lowest BCUT2D eigenvalue weighted by atomic mass is 10.0. The van der Waals surface area contributed by atoms with Crippen LogP contribution in [0.3, 0.4) is 0 Å². The van der Waals surface area contributed by atoms with Gasteiger partial charge in [-0.2, -0.15) is 13.2 Å². The quantitative estimate of drug-likeness (QED) is 0.840. The molecule has 0 saturated heterocycles. The van der Waals surface area contributed by atoms with Gasteiger partial charge in [-0.3, -0.25) is 4.79 Å². The fraction of sp³-hybridized carbons (Fsp3) is 0.278. The topological polar surface area (TPSA) is 52.6 Å². The van der Waals surface area contributed by atoms with E-state index in [1.165, 1.54) is 18.2 Å². The van der Waals surface area contributed by atoms with Crippen molar-refractivity contribution in [3.63, 3.8) is 0 Å². The molecule has 0 radical (unpaired) electrons. The maximum Gasteiger partial charge on any atom is 0.416 e. The molecule has 25 heavy (non-hydrogen) atoms. The zero-order valence-electron chi connectivity index (χ0n) is 13.6. The average Bonchev–Trinajstić information content (AvgIpc) is 2.59. The molecule has 0 aromatic heterocycles. The Labute approximate surface area is 143 Å². The summed E-state index contributed by atoms with van der Waals surface area (Å²) in [7, 11) is 1.73. The van der Waals surface area contributed by atoms with Gasteiger partial charge in [0, 0.05) is 19.3 Å². The van der Waals surface area contributed by atoms with E-state index in [0.717, 1.165) is 11.8 Å². The van der Waals surface area contributed by atoms with Crippen LogP contribution in [0.5, 0.6) is 0 Å². The summed E-state index contributed by atoms with van der Waals surface area (Å²) in [5.74, 6) is -0.394. The molecule has 0 spiro atoms. The predicted molar refractivity (Wildman–Crippen MR) is 89.1 cm³/mol. The van der Waals surface area contributed by atoms with Crippen molar-refractivity contribution in [1.29, 1.82) is 0 Å². The van der Waals surface area contributed by atoms with Crippen molar-refractivity contribution >= 4 is 11.6 Å². The van der Waals surface area contributed by atoms with Crippen molar-refractivity contribution in [2.45, 2.75) is 12.3 Å². The van der Waals surface area contributed by atoms with Crippen LogP contribution in [0.1, 0.15) is 17.2 Å². The molecule has 0 saturated carbocycles. The van der Waals surface area contributed by atoms with E-state index < -0.39 is 23.8 Å². The third kappa shape index (κ3) is 5.22. The average molecular weight is 352 g/mol. The normalized spacial score (nSPS) is 12.5. The molecular formula is C18H19F3N2O2. The molecule has 0 aliphatic carbocycles. The van der Waals surface area contributed by atoms with Gasteiger partial charge in [-0.1, -0.05) is 36.4 Å². The maximum atomic E-state index is 13.0. The Morgan fingerprint density at radius 3 is 2.36 bits per heavy atom. The standard InChI is InChI=1S/C18H19F3N2O2/c1-23(13-7-3-2-4-8-13)12-17(25)22-11-16(24)14-9-5-6-10-15(14)18(19,20)21/h2-10,16,24H,11-12H2,1H3,(H,22,25). The van der Waals surface area contributed by atoms with Crippen LogP contribution in [-0.2, 0) is 11.0 Å². The summed E-state index contributed by atoms with van der Waals surface area (Å²) < 4.78 is 38.9. The third-order valence-corrected chi connectivity index (χ3v) is 3.70. The molecule has 0 aliphatic heterocycles. The Hall–Kier alpha value is -2.54. The summed E-state index contributed by atoms with van der Waals surface area (Å²) >= 11 is 0. The van der Waals surface area contributed by atoms with Gasteiger partial charge in [0.05, 0.1) is 18.2 Å². The number of para-hydroxylation sites is 1. The van der Waals surface area contributed by atoms with E-state index >= 15 is 0 Å². The highest BCUT2D eigenvalue weighted by molar-refractivity contribution is 5.81. The third-order valence-electron chi connectivity index (χ3n) is 3.70. The second-order valence-electron chi connectivity index (χ2n) is 5.60. The van der Waals surface area contributed by atoms with Crippen LogP contribution in [-0.4, -0.2) is 31.2 Å². The first-order chi connectivity index (χ1) is 11.8. The number of halogens is 3. The van der Waals surface area contributed by atoms with Crippen LogP contribution in [0.2, 0.25) is 0 Å². The molecule has 0 fully saturated rings. The van der Waals surface area contributed by atoms with E-state index in [2.05, 4.69) is 5.32 Å². The van der Waals surface area contributed by atoms with Crippen molar-refractivity contribution in [2.75, 3.05) is 25.0 Å². The minimum Gasteiger partial charge on any atom is -0.387 e. The number of aliphatic hydroxyl groups excluding tert-OH is 1. The van der Waals surface area contributed by atoms with Crippen molar-refractivity contribution < 1.29 is 23.1 Å². The van der Waals surface area contributed by atoms with E-state index in [-0.39, 0.29) is 18.7 Å². The number of benzene rings is 2. The summed E-state index contributed by atoms with van der Waals surface area (Å²) in [6.45, 7) is -0.272. The number of hydrogen-bond acceptors (Lipinski definition) is 3. The minimum absolute atomic E-state index is 0.0254. The molecule has 2 aromatic carbocycles. The molecule has 7 heteroatoms. The van der Waals surface area contributed by atoms with Crippen LogP contribution in [0.4, 0.5) is 18.9 Å². The van der Waals surface area contributed by atoms with Crippen molar-refractivity contribution in [3.05, 3.63) is 65.7 Å². The number of aliphatic hydroxyl groups is 1. The van der Waals surface area contributed by atoms with Gasteiger partial charge < -0.3 is 15.3 Å². The van der Waals surface area contributed by atoms with E-state index in [4.69, 9.17) is 0 Å². The van der Waals surface area contributed by atoms with Crippen molar-refractivity contribution in [1.82, 2.24) is 5.32 Å². The minimum atomic E-state index is -4.56. The lowest BCUT2D eigenvalue weighted by Gasteiger charge is -2.20. The number of alkyl halides is 3. The Balaban J connectivity index is 1.94. The number of hydrogen-bond donors (Lipinski definition) is 2. The lowest BCUT2D eigenvalue weighted by Crippen LogP contribution is -2.37. The fourth-order valence-corrected chi connectivity index (χ4v) is 2.41. The Morgan fingerprint density at radius 1 is 1.12 bits per heavy atom. The Bertz CT molecular complexity index is 705. The molecule has 4 nitrogen and oxygen atoms in total. The van der Waals surface area contributed by atoms with Crippen LogP contribution < -0.4 is 10.2 Å². The summed E-state index contributed by atoms with van der Waals surface area (Å²) in [6, 6.07) is 14.0. The zero-order valence-corrected chi connectivity index (χ0v) is 13.6. The first-order valence-electron chi connectivity index (χ1n) is 7.66. The van der Waals surface area contributed by atoms with Gasteiger partial charge in [-0.05, 0) is 23.8 Å². The van der Waals surface area contributed by atoms with E-state index in [0.29, 0.717) is 0 Å². The number of amides is 1. The number of nitrogens with one attached hydrogen (secondary N) is 1. The van der Waals surface area contributed by atoms with Crippen molar-refractivity contribution in [2.24, 2.45) is 0 Å². The highest BCUT2D eigenvalue weighted by Gasteiger charge is 2.34. The van der Waals surface area contributed by atoms with Gasteiger partial charge in [-0.25, -0.2) is 0 Å². The largest absolute Gasteiger partial charge is 0.416 e. The first-order valence-corrected chi connectivity index (χ1v) is 7.66. The number of rotatable bonds is 6. The summed E-state index contributed by atoms with van der Waals surface area (Å²) in [6.07, 6.45) is -6.00. The number of carbonyl (C=O) groups is 1. The van der Waals surface area contributed by atoms with Crippen LogP contribution in [0.15, 0.2) is 54.6 Å². The second kappa shape index (κ2) is 8.02. The van der Waals surface area contributed by atoms with Gasteiger partial charge in [0.15, 0.2) is 0 Å². The Kier molecular flexibility index (Phi) is 6.03. The van der Waals surface area contributed by atoms with Gasteiger partial charge in [-0.15, -0.1) is 0 Å². The van der Waals surface area contributed by atoms with Gasteiger partial charge in [0.1, 0.15) is 0 Å². The summed E-state index contributed by atoms with van der Waals surface area (Å²) in [5, 5.41) is 12.5.